The molecule has 0 bridgehead atoms. The quantitative estimate of drug-likeness (QED) is 0.819. The summed E-state index contributed by atoms with van der Waals surface area (Å²) < 4.78 is 7.35. The van der Waals surface area contributed by atoms with E-state index in [-0.39, 0.29) is 6.10 Å². The number of aromatic nitrogens is 4. The van der Waals surface area contributed by atoms with E-state index in [1.165, 1.54) is 0 Å². The fourth-order valence-corrected chi connectivity index (χ4v) is 2.21. The molecule has 0 aliphatic carbocycles. The molecule has 1 unspecified atom stereocenters. The van der Waals surface area contributed by atoms with Crippen LogP contribution in [0.15, 0.2) is 6.20 Å². The predicted molar refractivity (Wildman–Crippen MR) is 75.4 cm³/mol. The zero-order chi connectivity index (χ0) is 14.0. The Labute approximate surface area is 113 Å². The number of ether oxygens (including phenoxy) is 1. The fourth-order valence-electron chi connectivity index (χ4n) is 2.21. The summed E-state index contributed by atoms with van der Waals surface area (Å²) in [6, 6.07) is 0. The fraction of sp³-hybridized carbons (Fsp3) is 0.615. The zero-order valence-corrected chi connectivity index (χ0v) is 12.2. The van der Waals surface area contributed by atoms with Crippen molar-refractivity contribution < 1.29 is 4.74 Å². The highest BCUT2D eigenvalue weighted by atomic mass is 16.5. The van der Waals surface area contributed by atoms with E-state index in [4.69, 9.17) is 4.74 Å². The Balaban J connectivity index is 2.33. The summed E-state index contributed by atoms with van der Waals surface area (Å²) in [7, 11) is 3.91. The van der Waals surface area contributed by atoms with Crippen molar-refractivity contribution >= 4 is 16.9 Å². The smallest absolute Gasteiger partial charge is 0.163 e. The number of fused-ring (bicyclic) bond motifs is 1. The molecule has 2 aromatic heterocycles. The summed E-state index contributed by atoms with van der Waals surface area (Å²) in [5.74, 6) is 1.66. The van der Waals surface area contributed by atoms with E-state index in [0.717, 1.165) is 35.8 Å². The van der Waals surface area contributed by atoms with Gasteiger partial charge in [0.2, 0.25) is 0 Å². The van der Waals surface area contributed by atoms with Crippen LogP contribution < -0.4 is 4.90 Å². The van der Waals surface area contributed by atoms with Gasteiger partial charge in [-0.25, -0.2) is 9.97 Å². The highest BCUT2D eigenvalue weighted by Gasteiger charge is 2.15. The Kier molecular flexibility index (Phi) is 3.99. The lowest BCUT2D eigenvalue weighted by atomic mass is 10.3. The van der Waals surface area contributed by atoms with E-state index < -0.39 is 0 Å². The van der Waals surface area contributed by atoms with Gasteiger partial charge in [0.15, 0.2) is 5.65 Å². The van der Waals surface area contributed by atoms with Crippen LogP contribution in [-0.4, -0.2) is 46.1 Å². The van der Waals surface area contributed by atoms with Gasteiger partial charge in [0, 0.05) is 27.2 Å². The lowest BCUT2D eigenvalue weighted by molar-refractivity contribution is 0.0817. The SMILES string of the molecule is CCOC(C)CN(C)c1nc(C)nc2c1cnn2C. The second-order valence-electron chi connectivity index (χ2n) is 4.75. The predicted octanol–water partition coefficient (Wildman–Crippen LogP) is 1.53. The molecule has 0 aliphatic rings. The molecule has 2 rings (SSSR count). The Hall–Kier alpha value is -1.69. The molecule has 0 spiro atoms. The Bertz CT molecular complexity index is 565. The van der Waals surface area contributed by atoms with Crippen LogP contribution in [0.5, 0.6) is 0 Å². The van der Waals surface area contributed by atoms with Gasteiger partial charge in [0.25, 0.3) is 0 Å². The molecule has 2 heterocycles. The number of aryl methyl sites for hydroxylation is 2. The number of rotatable bonds is 5. The van der Waals surface area contributed by atoms with Crippen molar-refractivity contribution in [2.75, 3.05) is 25.1 Å². The maximum absolute atomic E-state index is 5.58. The summed E-state index contributed by atoms with van der Waals surface area (Å²) in [6.45, 7) is 7.48. The summed E-state index contributed by atoms with van der Waals surface area (Å²) in [4.78, 5) is 11.1. The van der Waals surface area contributed by atoms with Crippen molar-refractivity contribution in [3.63, 3.8) is 0 Å². The van der Waals surface area contributed by atoms with E-state index in [9.17, 15) is 0 Å². The standard InChI is InChI=1S/C13H21N5O/c1-6-19-9(2)8-17(4)12-11-7-14-18(5)13(11)16-10(3)15-12/h7,9H,6,8H2,1-5H3. The highest BCUT2D eigenvalue weighted by Crippen LogP contribution is 2.22. The van der Waals surface area contributed by atoms with E-state index in [2.05, 4.69) is 26.9 Å². The minimum Gasteiger partial charge on any atom is -0.377 e. The highest BCUT2D eigenvalue weighted by molar-refractivity contribution is 5.86. The molecule has 0 aromatic carbocycles. The molecule has 0 aliphatic heterocycles. The molecular weight excluding hydrogens is 242 g/mol. The summed E-state index contributed by atoms with van der Waals surface area (Å²) in [6.07, 6.45) is 1.98. The van der Waals surface area contributed by atoms with Gasteiger partial charge in [-0.05, 0) is 20.8 Å². The van der Waals surface area contributed by atoms with Crippen LogP contribution in [0.2, 0.25) is 0 Å². The van der Waals surface area contributed by atoms with Gasteiger partial charge < -0.3 is 9.64 Å². The van der Waals surface area contributed by atoms with E-state index in [1.807, 2.05) is 34.1 Å². The third-order valence-electron chi connectivity index (χ3n) is 3.03. The molecule has 19 heavy (non-hydrogen) atoms. The van der Waals surface area contributed by atoms with E-state index in [1.54, 1.807) is 4.68 Å². The lowest BCUT2D eigenvalue weighted by Crippen LogP contribution is -2.30. The second kappa shape index (κ2) is 5.52. The van der Waals surface area contributed by atoms with Crippen LogP contribution in [0.1, 0.15) is 19.7 Å². The summed E-state index contributed by atoms with van der Waals surface area (Å²) in [5, 5.41) is 5.22. The minimum absolute atomic E-state index is 0.164. The molecule has 0 saturated carbocycles. The van der Waals surface area contributed by atoms with Crippen LogP contribution in [-0.2, 0) is 11.8 Å². The number of hydrogen-bond acceptors (Lipinski definition) is 5. The molecule has 2 aromatic rings. The lowest BCUT2D eigenvalue weighted by Gasteiger charge is -2.23. The zero-order valence-electron chi connectivity index (χ0n) is 12.2. The van der Waals surface area contributed by atoms with Gasteiger partial charge in [-0.3, -0.25) is 4.68 Å². The van der Waals surface area contributed by atoms with Crippen molar-refractivity contribution in [1.82, 2.24) is 19.7 Å². The summed E-state index contributed by atoms with van der Waals surface area (Å²) >= 11 is 0. The van der Waals surface area contributed by atoms with E-state index in [0.29, 0.717) is 0 Å². The molecule has 0 saturated heterocycles. The number of likely N-dealkylation sites (N-methyl/N-ethyl adjacent to an activating group) is 1. The maximum Gasteiger partial charge on any atom is 0.163 e. The van der Waals surface area contributed by atoms with Crippen molar-refractivity contribution in [3.05, 3.63) is 12.0 Å². The minimum atomic E-state index is 0.164. The van der Waals surface area contributed by atoms with Crippen molar-refractivity contribution in [1.29, 1.82) is 0 Å². The van der Waals surface area contributed by atoms with Gasteiger partial charge in [-0.15, -0.1) is 0 Å². The van der Waals surface area contributed by atoms with E-state index >= 15 is 0 Å². The monoisotopic (exact) mass is 263 g/mol. The summed E-state index contributed by atoms with van der Waals surface area (Å²) in [5.41, 5.74) is 0.860. The first kappa shape index (κ1) is 13.7. The molecule has 104 valence electrons. The molecule has 0 N–H and O–H groups in total. The normalized spacial score (nSPS) is 12.9. The van der Waals surface area contributed by atoms with Crippen molar-refractivity contribution in [2.45, 2.75) is 26.9 Å². The van der Waals surface area contributed by atoms with Crippen molar-refractivity contribution in [2.24, 2.45) is 7.05 Å². The Morgan fingerprint density at radius 2 is 2.16 bits per heavy atom. The molecular formula is C13H21N5O. The first-order chi connectivity index (χ1) is 9.02. The largest absolute Gasteiger partial charge is 0.377 e. The molecule has 6 heteroatoms. The first-order valence-corrected chi connectivity index (χ1v) is 6.52. The Morgan fingerprint density at radius 1 is 1.42 bits per heavy atom. The van der Waals surface area contributed by atoms with Crippen LogP contribution >= 0.6 is 0 Å². The van der Waals surface area contributed by atoms with Crippen LogP contribution in [0.3, 0.4) is 0 Å². The van der Waals surface area contributed by atoms with Gasteiger partial charge in [-0.2, -0.15) is 5.10 Å². The number of anilines is 1. The van der Waals surface area contributed by atoms with Crippen LogP contribution in [0.25, 0.3) is 11.0 Å². The third kappa shape index (κ3) is 2.84. The third-order valence-corrected chi connectivity index (χ3v) is 3.03. The average Bonchev–Trinajstić information content (AvgIpc) is 2.70. The van der Waals surface area contributed by atoms with Gasteiger partial charge in [0.05, 0.1) is 17.7 Å². The molecule has 0 amide bonds. The molecule has 1 atom stereocenters. The van der Waals surface area contributed by atoms with Gasteiger partial charge in [0.1, 0.15) is 11.6 Å². The van der Waals surface area contributed by atoms with Gasteiger partial charge in [-0.1, -0.05) is 0 Å². The topological polar surface area (TPSA) is 56.1 Å². The maximum atomic E-state index is 5.58. The van der Waals surface area contributed by atoms with Gasteiger partial charge >= 0.3 is 0 Å². The first-order valence-electron chi connectivity index (χ1n) is 6.52. The van der Waals surface area contributed by atoms with Crippen LogP contribution in [0, 0.1) is 6.92 Å². The number of hydrogen-bond donors (Lipinski definition) is 0. The molecule has 0 radical (unpaired) electrons. The Morgan fingerprint density at radius 3 is 2.84 bits per heavy atom. The van der Waals surface area contributed by atoms with Crippen molar-refractivity contribution in [3.8, 4) is 0 Å². The van der Waals surface area contributed by atoms with Crippen LogP contribution in [0.4, 0.5) is 5.82 Å². The number of nitrogens with zero attached hydrogens (tertiary/aromatic N) is 5. The molecule has 6 nitrogen and oxygen atoms in total. The molecule has 0 fully saturated rings. The second-order valence-corrected chi connectivity index (χ2v) is 4.75. The average molecular weight is 263 g/mol.